The van der Waals surface area contributed by atoms with Crippen molar-refractivity contribution in [2.45, 2.75) is 12.8 Å². The van der Waals surface area contributed by atoms with Crippen LogP contribution in [0.5, 0.6) is 0 Å². The summed E-state index contributed by atoms with van der Waals surface area (Å²) in [5.41, 5.74) is 5.48. The molecule has 1 saturated carbocycles. The maximum atomic E-state index is 6.86. The zero-order valence-electron chi connectivity index (χ0n) is 4.28. The monoisotopic (exact) mass is 98.1 g/mol. The maximum Gasteiger partial charge on any atom is 0.0173 e. The second-order valence-electron chi connectivity index (χ2n) is 2.21. The van der Waals surface area contributed by atoms with Crippen LogP contribution >= 0.6 is 0 Å². The van der Waals surface area contributed by atoms with E-state index in [2.05, 4.69) is 0 Å². The molecule has 0 bridgehead atoms. The fraction of sp³-hybridized carbons (Fsp3) is 0.800. The van der Waals surface area contributed by atoms with Gasteiger partial charge in [-0.2, -0.15) is 0 Å². The molecule has 0 aromatic rings. The molecule has 1 aliphatic carbocycles. The van der Waals surface area contributed by atoms with E-state index in [1.165, 1.54) is 6.21 Å². The summed E-state index contributed by atoms with van der Waals surface area (Å²) >= 11 is 0. The molecule has 0 heterocycles. The lowest BCUT2D eigenvalue weighted by molar-refractivity contribution is 0.725. The Kier molecular flexibility index (Phi) is 0.889. The summed E-state index contributed by atoms with van der Waals surface area (Å²) in [5.74, 6) is 0. The van der Waals surface area contributed by atoms with Crippen molar-refractivity contribution < 1.29 is 0 Å². The predicted molar refractivity (Wildman–Crippen MR) is 29.5 cm³/mol. The van der Waals surface area contributed by atoms with Gasteiger partial charge in [0.1, 0.15) is 0 Å². The highest BCUT2D eigenvalue weighted by Crippen LogP contribution is 2.41. The van der Waals surface area contributed by atoms with Crippen molar-refractivity contribution in [3.05, 3.63) is 0 Å². The summed E-state index contributed by atoms with van der Waals surface area (Å²) in [5, 5.41) is 6.86. The van der Waals surface area contributed by atoms with Crippen LogP contribution in [0.25, 0.3) is 0 Å². The molecular formula is C5H10N2. The molecule has 2 nitrogen and oxygen atoms in total. The Morgan fingerprint density at radius 1 is 1.71 bits per heavy atom. The zero-order valence-corrected chi connectivity index (χ0v) is 4.28. The lowest BCUT2D eigenvalue weighted by Crippen LogP contribution is -2.15. The first-order chi connectivity index (χ1) is 3.33. The first kappa shape index (κ1) is 4.78. The van der Waals surface area contributed by atoms with Gasteiger partial charge >= 0.3 is 0 Å². The molecule has 1 fully saturated rings. The summed E-state index contributed by atoms with van der Waals surface area (Å²) in [6, 6.07) is 0. The van der Waals surface area contributed by atoms with Gasteiger partial charge in [0.2, 0.25) is 0 Å². The normalized spacial score (nSPS) is 24.1. The maximum absolute atomic E-state index is 6.86. The molecule has 0 saturated heterocycles. The Hall–Kier alpha value is -0.370. The van der Waals surface area contributed by atoms with Crippen molar-refractivity contribution in [3.63, 3.8) is 0 Å². The SMILES string of the molecule is N=CC1(CN)CC1. The smallest absolute Gasteiger partial charge is 0.0173 e. The van der Waals surface area contributed by atoms with Gasteiger partial charge in [-0.05, 0) is 12.8 Å². The Morgan fingerprint density at radius 3 is 2.29 bits per heavy atom. The molecule has 0 aromatic heterocycles. The highest BCUT2D eigenvalue weighted by molar-refractivity contribution is 5.66. The molecule has 0 unspecified atom stereocenters. The van der Waals surface area contributed by atoms with Gasteiger partial charge in [0.05, 0.1) is 0 Å². The van der Waals surface area contributed by atoms with Gasteiger partial charge in [0, 0.05) is 18.2 Å². The number of hydrogen-bond donors (Lipinski definition) is 2. The van der Waals surface area contributed by atoms with Crippen LogP contribution in [0, 0.1) is 10.8 Å². The average Bonchev–Trinajstić information content (AvgIpc) is 2.46. The molecule has 40 valence electrons. The molecule has 0 amide bonds. The van der Waals surface area contributed by atoms with Gasteiger partial charge in [-0.3, -0.25) is 0 Å². The van der Waals surface area contributed by atoms with Crippen LogP contribution in [0.2, 0.25) is 0 Å². The lowest BCUT2D eigenvalue weighted by atomic mass is 10.1. The summed E-state index contributed by atoms with van der Waals surface area (Å²) < 4.78 is 0. The lowest BCUT2D eigenvalue weighted by Gasteiger charge is -1.98. The van der Waals surface area contributed by atoms with E-state index in [-0.39, 0.29) is 5.41 Å². The molecule has 3 N–H and O–H groups in total. The van der Waals surface area contributed by atoms with Crippen LogP contribution in [0.3, 0.4) is 0 Å². The molecular weight excluding hydrogens is 88.1 g/mol. The number of rotatable bonds is 2. The minimum atomic E-state index is 0.153. The molecule has 0 atom stereocenters. The van der Waals surface area contributed by atoms with Crippen LogP contribution in [0.15, 0.2) is 0 Å². The van der Waals surface area contributed by atoms with Crippen LogP contribution in [-0.4, -0.2) is 12.8 Å². The first-order valence-corrected chi connectivity index (χ1v) is 2.55. The van der Waals surface area contributed by atoms with Crippen LogP contribution in [0.1, 0.15) is 12.8 Å². The fourth-order valence-electron chi connectivity index (χ4n) is 0.568. The van der Waals surface area contributed by atoms with Gasteiger partial charge in [-0.15, -0.1) is 0 Å². The number of nitrogens with two attached hydrogens (primary N) is 1. The van der Waals surface area contributed by atoms with E-state index in [0.29, 0.717) is 6.54 Å². The topological polar surface area (TPSA) is 49.9 Å². The molecule has 0 radical (unpaired) electrons. The molecule has 7 heavy (non-hydrogen) atoms. The van der Waals surface area contributed by atoms with Crippen molar-refractivity contribution in [1.29, 1.82) is 5.41 Å². The second kappa shape index (κ2) is 1.30. The Labute approximate surface area is 43.2 Å². The van der Waals surface area contributed by atoms with E-state index in [4.69, 9.17) is 11.1 Å². The number of nitrogens with one attached hydrogen (secondary N) is 1. The Morgan fingerprint density at radius 2 is 2.29 bits per heavy atom. The summed E-state index contributed by atoms with van der Waals surface area (Å²) in [6.45, 7) is 0.663. The van der Waals surface area contributed by atoms with Crippen LogP contribution in [-0.2, 0) is 0 Å². The standard InChI is InChI=1S/C5H10N2/c6-3-5(4-7)1-2-5/h3,6H,1-2,4,7H2. The van der Waals surface area contributed by atoms with Gasteiger partial charge in [-0.1, -0.05) is 0 Å². The molecule has 2 heteroatoms. The van der Waals surface area contributed by atoms with Gasteiger partial charge < -0.3 is 11.1 Å². The molecule has 0 spiro atoms. The van der Waals surface area contributed by atoms with E-state index < -0.39 is 0 Å². The Balaban J connectivity index is 2.42. The third-order valence-electron chi connectivity index (χ3n) is 1.60. The van der Waals surface area contributed by atoms with Crippen molar-refractivity contribution in [2.75, 3.05) is 6.54 Å². The molecule has 0 aliphatic heterocycles. The molecule has 1 rings (SSSR count). The van der Waals surface area contributed by atoms with Crippen LogP contribution in [0.4, 0.5) is 0 Å². The minimum Gasteiger partial charge on any atom is -0.330 e. The summed E-state index contributed by atoms with van der Waals surface area (Å²) in [7, 11) is 0. The van der Waals surface area contributed by atoms with E-state index in [9.17, 15) is 0 Å². The highest BCUT2D eigenvalue weighted by Gasteiger charge is 2.38. The highest BCUT2D eigenvalue weighted by atomic mass is 14.7. The van der Waals surface area contributed by atoms with E-state index in [1.807, 2.05) is 0 Å². The third-order valence-corrected chi connectivity index (χ3v) is 1.60. The van der Waals surface area contributed by atoms with Gasteiger partial charge in [0.15, 0.2) is 0 Å². The van der Waals surface area contributed by atoms with E-state index in [1.54, 1.807) is 0 Å². The zero-order chi connectivity index (χ0) is 5.33. The third kappa shape index (κ3) is 0.657. The van der Waals surface area contributed by atoms with Gasteiger partial charge in [-0.25, -0.2) is 0 Å². The molecule has 1 aliphatic rings. The van der Waals surface area contributed by atoms with Crippen molar-refractivity contribution >= 4 is 6.21 Å². The van der Waals surface area contributed by atoms with E-state index in [0.717, 1.165) is 12.8 Å². The van der Waals surface area contributed by atoms with Crippen molar-refractivity contribution in [3.8, 4) is 0 Å². The minimum absolute atomic E-state index is 0.153. The molecule has 0 aromatic carbocycles. The summed E-state index contributed by atoms with van der Waals surface area (Å²) in [4.78, 5) is 0. The Bertz CT molecular complexity index is 84.1. The van der Waals surface area contributed by atoms with Crippen molar-refractivity contribution in [1.82, 2.24) is 0 Å². The summed E-state index contributed by atoms with van der Waals surface area (Å²) in [6.07, 6.45) is 3.74. The van der Waals surface area contributed by atoms with Gasteiger partial charge in [0.25, 0.3) is 0 Å². The van der Waals surface area contributed by atoms with E-state index >= 15 is 0 Å². The fourth-order valence-corrected chi connectivity index (χ4v) is 0.568. The predicted octanol–water partition coefficient (Wildman–Crippen LogP) is 0.375. The van der Waals surface area contributed by atoms with Crippen LogP contribution < -0.4 is 5.73 Å². The second-order valence-corrected chi connectivity index (χ2v) is 2.21. The van der Waals surface area contributed by atoms with Crippen molar-refractivity contribution in [2.24, 2.45) is 11.1 Å². The largest absolute Gasteiger partial charge is 0.330 e. The first-order valence-electron chi connectivity index (χ1n) is 2.55. The average molecular weight is 98.1 g/mol. The number of hydrogen-bond acceptors (Lipinski definition) is 2. The quantitative estimate of drug-likeness (QED) is 0.482.